The first-order chi connectivity index (χ1) is 17.6. The maximum atomic E-state index is 13.1. The summed E-state index contributed by atoms with van der Waals surface area (Å²) in [5, 5.41) is 12.1. The van der Waals surface area contributed by atoms with E-state index in [9.17, 15) is 9.90 Å². The third-order valence-corrected chi connectivity index (χ3v) is 7.13. The van der Waals surface area contributed by atoms with Crippen molar-refractivity contribution in [2.45, 2.75) is 38.3 Å². The molecule has 1 saturated heterocycles. The Kier molecular flexibility index (Phi) is 7.59. The number of hydrogen-bond donors (Lipinski definition) is 1. The molecular formula is C30H31ClN2O3. The van der Waals surface area contributed by atoms with E-state index in [0.717, 1.165) is 67.7 Å². The molecule has 4 aromatic rings. The van der Waals surface area contributed by atoms with E-state index in [1.165, 1.54) is 0 Å². The van der Waals surface area contributed by atoms with Crippen molar-refractivity contribution in [2.75, 3.05) is 19.6 Å². The van der Waals surface area contributed by atoms with Gasteiger partial charge in [0.1, 0.15) is 17.6 Å². The van der Waals surface area contributed by atoms with Crippen molar-refractivity contribution >= 4 is 28.3 Å². The number of benzene rings is 3. The quantitative estimate of drug-likeness (QED) is 0.271. The van der Waals surface area contributed by atoms with Crippen LogP contribution >= 0.6 is 11.6 Å². The Hall–Kier alpha value is -3.28. The van der Waals surface area contributed by atoms with Gasteiger partial charge in [-0.2, -0.15) is 0 Å². The summed E-state index contributed by atoms with van der Waals surface area (Å²) < 4.78 is 8.15. The van der Waals surface area contributed by atoms with Gasteiger partial charge < -0.3 is 19.3 Å². The molecule has 5 rings (SSSR count). The summed E-state index contributed by atoms with van der Waals surface area (Å²) in [5.41, 5.74) is 2.40. The molecule has 5 nitrogen and oxygen atoms in total. The van der Waals surface area contributed by atoms with Crippen LogP contribution in [0.4, 0.5) is 0 Å². The van der Waals surface area contributed by atoms with E-state index in [1.54, 1.807) is 12.1 Å². The van der Waals surface area contributed by atoms with Crippen LogP contribution in [0.2, 0.25) is 5.02 Å². The van der Waals surface area contributed by atoms with Crippen LogP contribution in [0.25, 0.3) is 10.9 Å². The maximum absolute atomic E-state index is 13.1. The number of halogens is 1. The van der Waals surface area contributed by atoms with Crippen LogP contribution in [0.15, 0.2) is 79.0 Å². The van der Waals surface area contributed by atoms with Gasteiger partial charge in [-0.3, -0.25) is 4.79 Å². The number of nitrogens with zero attached hydrogens (tertiary/aromatic N) is 2. The van der Waals surface area contributed by atoms with E-state index in [0.29, 0.717) is 17.0 Å². The van der Waals surface area contributed by atoms with E-state index in [2.05, 4.69) is 4.90 Å². The normalized spacial score (nSPS) is 14.8. The average molecular weight is 503 g/mol. The molecule has 0 atom stereocenters. The highest BCUT2D eigenvalue weighted by Crippen LogP contribution is 2.30. The zero-order valence-electron chi connectivity index (χ0n) is 20.3. The summed E-state index contributed by atoms with van der Waals surface area (Å²) in [6.07, 6.45) is 5.38. The molecule has 0 radical (unpaired) electrons. The zero-order valence-corrected chi connectivity index (χ0v) is 21.0. The van der Waals surface area contributed by atoms with Crippen molar-refractivity contribution in [3.8, 4) is 11.5 Å². The third-order valence-electron chi connectivity index (χ3n) is 6.89. The van der Waals surface area contributed by atoms with E-state index in [1.807, 2.05) is 71.4 Å². The Morgan fingerprint density at radius 1 is 0.972 bits per heavy atom. The lowest BCUT2D eigenvalue weighted by Gasteiger charge is -2.32. The highest BCUT2D eigenvalue weighted by atomic mass is 35.5. The van der Waals surface area contributed by atoms with Gasteiger partial charge in [0.2, 0.25) is 0 Å². The van der Waals surface area contributed by atoms with Crippen LogP contribution in [0.3, 0.4) is 0 Å². The van der Waals surface area contributed by atoms with Crippen molar-refractivity contribution in [2.24, 2.45) is 0 Å². The summed E-state index contributed by atoms with van der Waals surface area (Å²) in [6.45, 7) is 3.68. The molecular weight excluding hydrogens is 472 g/mol. The number of fused-ring (bicyclic) bond motifs is 1. The fourth-order valence-electron chi connectivity index (χ4n) is 5.06. The van der Waals surface area contributed by atoms with E-state index >= 15 is 0 Å². The highest BCUT2D eigenvalue weighted by molar-refractivity contribution is 6.30. The van der Waals surface area contributed by atoms with Crippen LogP contribution in [-0.4, -0.2) is 46.1 Å². The molecule has 0 aliphatic carbocycles. The number of piperidine rings is 1. The number of hydrogen-bond acceptors (Lipinski definition) is 4. The van der Waals surface area contributed by atoms with Crippen LogP contribution in [-0.2, 0) is 13.0 Å². The molecule has 1 N–H and O–H groups in total. The fourth-order valence-corrected chi connectivity index (χ4v) is 5.24. The predicted octanol–water partition coefficient (Wildman–Crippen LogP) is 6.36. The summed E-state index contributed by atoms with van der Waals surface area (Å²) in [5.74, 6) is 1.11. The number of aromatic nitrogens is 1. The Morgan fingerprint density at radius 3 is 2.53 bits per heavy atom. The van der Waals surface area contributed by atoms with Gasteiger partial charge >= 0.3 is 0 Å². The standard InChI is InChI=1S/C30H31ClN2O3/c31-23-9-4-10-25(20-23)36-24-13-17-32(18-14-24)15-6-16-33-21-27(26-11-5-12-28(34)30(26)33)29(35)19-22-7-2-1-3-8-22/h1-5,7-12,20-21,24,34H,6,13-19H2. The number of rotatable bonds is 9. The van der Waals surface area contributed by atoms with Gasteiger partial charge in [0.25, 0.3) is 0 Å². The summed E-state index contributed by atoms with van der Waals surface area (Å²) in [4.78, 5) is 15.6. The lowest BCUT2D eigenvalue weighted by molar-refractivity contribution is 0.0993. The number of carbonyl (C=O) groups is 1. The number of aromatic hydroxyl groups is 1. The maximum Gasteiger partial charge on any atom is 0.169 e. The van der Waals surface area contributed by atoms with Crippen molar-refractivity contribution in [1.29, 1.82) is 0 Å². The molecule has 6 heteroatoms. The minimum absolute atomic E-state index is 0.0670. The van der Waals surface area contributed by atoms with Gasteiger partial charge in [-0.1, -0.05) is 60.1 Å². The van der Waals surface area contributed by atoms with E-state index in [-0.39, 0.29) is 17.6 Å². The minimum atomic E-state index is 0.0670. The van der Waals surface area contributed by atoms with Crippen LogP contribution in [0.1, 0.15) is 35.2 Å². The number of carbonyl (C=O) groups excluding carboxylic acids is 1. The lowest BCUT2D eigenvalue weighted by Crippen LogP contribution is -2.38. The second-order valence-corrected chi connectivity index (χ2v) is 9.90. The lowest BCUT2D eigenvalue weighted by atomic mass is 10.0. The molecule has 0 amide bonds. The number of phenolic OH excluding ortho intramolecular Hbond substituents is 1. The van der Waals surface area contributed by atoms with Crippen molar-refractivity contribution in [3.05, 3.63) is 95.1 Å². The molecule has 186 valence electrons. The second kappa shape index (κ2) is 11.2. The van der Waals surface area contributed by atoms with Gasteiger partial charge in [-0.25, -0.2) is 0 Å². The molecule has 0 unspecified atom stereocenters. The first-order valence-corrected chi connectivity index (χ1v) is 13.0. The van der Waals surface area contributed by atoms with Crippen LogP contribution in [0.5, 0.6) is 11.5 Å². The van der Waals surface area contributed by atoms with E-state index < -0.39 is 0 Å². The Balaban J connectivity index is 1.18. The zero-order chi connectivity index (χ0) is 24.9. The number of Topliss-reactive ketones (excluding diaryl/α,β-unsaturated/α-hetero) is 1. The van der Waals surface area contributed by atoms with Crippen molar-refractivity contribution in [3.63, 3.8) is 0 Å². The van der Waals surface area contributed by atoms with Crippen LogP contribution < -0.4 is 4.74 Å². The first-order valence-electron chi connectivity index (χ1n) is 12.6. The number of likely N-dealkylation sites (tertiary alicyclic amines) is 1. The molecule has 36 heavy (non-hydrogen) atoms. The minimum Gasteiger partial charge on any atom is -0.506 e. The summed E-state index contributed by atoms with van der Waals surface area (Å²) in [6, 6.07) is 22.8. The molecule has 2 heterocycles. The van der Waals surface area contributed by atoms with Crippen molar-refractivity contribution in [1.82, 2.24) is 9.47 Å². The monoisotopic (exact) mass is 502 g/mol. The number of para-hydroxylation sites is 1. The van der Waals surface area contributed by atoms with Gasteiger partial charge in [-0.15, -0.1) is 0 Å². The third kappa shape index (κ3) is 5.75. The Morgan fingerprint density at radius 2 is 1.75 bits per heavy atom. The molecule has 0 bridgehead atoms. The second-order valence-electron chi connectivity index (χ2n) is 9.46. The molecule has 0 saturated carbocycles. The van der Waals surface area contributed by atoms with Crippen molar-refractivity contribution < 1.29 is 14.6 Å². The largest absolute Gasteiger partial charge is 0.506 e. The smallest absolute Gasteiger partial charge is 0.169 e. The van der Waals surface area contributed by atoms with Gasteiger partial charge in [0.05, 0.1) is 5.52 Å². The molecule has 3 aromatic carbocycles. The molecule has 1 fully saturated rings. The number of phenols is 1. The van der Waals surface area contributed by atoms with Gasteiger partial charge in [0, 0.05) is 48.2 Å². The molecule has 1 aliphatic rings. The molecule has 1 aromatic heterocycles. The first kappa shape index (κ1) is 24.4. The summed E-state index contributed by atoms with van der Waals surface area (Å²) in [7, 11) is 0. The van der Waals surface area contributed by atoms with Crippen LogP contribution in [0, 0.1) is 0 Å². The highest BCUT2D eigenvalue weighted by Gasteiger charge is 2.21. The number of aryl methyl sites for hydroxylation is 1. The predicted molar refractivity (Wildman–Crippen MR) is 144 cm³/mol. The Labute approximate surface area is 216 Å². The fraction of sp³-hybridized carbons (Fsp3) is 0.300. The number of ketones is 1. The van der Waals surface area contributed by atoms with Gasteiger partial charge in [-0.05, 0) is 55.6 Å². The SMILES string of the molecule is O=C(Cc1ccccc1)c1cn(CCCN2CCC(Oc3cccc(Cl)c3)CC2)c2c(O)cccc12. The van der Waals surface area contributed by atoms with Gasteiger partial charge in [0.15, 0.2) is 5.78 Å². The van der Waals surface area contributed by atoms with E-state index in [4.69, 9.17) is 16.3 Å². The molecule has 0 spiro atoms. The molecule has 1 aliphatic heterocycles. The number of ether oxygens (including phenoxy) is 1. The average Bonchev–Trinajstić information content (AvgIpc) is 3.26. The Bertz CT molecular complexity index is 1330. The topological polar surface area (TPSA) is 54.7 Å². The summed E-state index contributed by atoms with van der Waals surface area (Å²) >= 11 is 6.07.